The van der Waals surface area contributed by atoms with Crippen LogP contribution in [0.25, 0.3) is 0 Å². The average molecular weight is 402 g/mol. The van der Waals surface area contributed by atoms with Gasteiger partial charge in [-0.05, 0) is 67.5 Å². The predicted molar refractivity (Wildman–Crippen MR) is 108 cm³/mol. The Labute approximate surface area is 168 Å². The fraction of sp³-hybridized carbons (Fsp3) is 0.333. The van der Waals surface area contributed by atoms with Crippen LogP contribution >= 0.6 is 11.8 Å². The summed E-state index contributed by atoms with van der Waals surface area (Å²) in [5, 5.41) is 5.68. The molecule has 1 atom stereocenters. The number of anilines is 1. The lowest BCUT2D eigenvalue weighted by Gasteiger charge is -2.11. The molecule has 1 fully saturated rings. The van der Waals surface area contributed by atoms with Crippen LogP contribution in [0.5, 0.6) is 0 Å². The van der Waals surface area contributed by atoms with Crippen LogP contribution in [-0.2, 0) is 9.53 Å². The van der Waals surface area contributed by atoms with Crippen molar-refractivity contribution < 1.29 is 18.7 Å². The summed E-state index contributed by atoms with van der Waals surface area (Å²) in [5.41, 5.74) is 1.08. The van der Waals surface area contributed by atoms with Gasteiger partial charge in [0.25, 0.3) is 11.8 Å². The molecule has 1 aliphatic rings. The van der Waals surface area contributed by atoms with Gasteiger partial charge in [-0.15, -0.1) is 11.8 Å². The lowest BCUT2D eigenvalue weighted by molar-refractivity contribution is -0.124. The van der Waals surface area contributed by atoms with Crippen molar-refractivity contribution in [1.82, 2.24) is 5.32 Å². The maximum absolute atomic E-state index is 12.9. The molecule has 1 heterocycles. The molecular weight excluding hydrogens is 379 g/mol. The first-order chi connectivity index (χ1) is 13.6. The van der Waals surface area contributed by atoms with Crippen molar-refractivity contribution in [3.8, 4) is 0 Å². The molecule has 2 aromatic rings. The number of halogens is 1. The van der Waals surface area contributed by atoms with E-state index in [1.807, 2.05) is 0 Å². The van der Waals surface area contributed by atoms with Gasteiger partial charge in [-0.2, -0.15) is 0 Å². The molecule has 28 heavy (non-hydrogen) atoms. The normalized spacial score (nSPS) is 16.0. The lowest BCUT2D eigenvalue weighted by Crippen LogP contribution is -2.27. The number of carbonyl (C=O) groups is 2. The number of hydrogen-bond acceptors (Lipinski definition) is 4. The Morgan fingerprint density at radius 1 is 1.18 bits per heavy atom. The van der Waals surface area contributed by atoms with Crippen molar-refractivity contribution in [3.63, 3.8) is 0 Å². The van der Waals surface area contributed by atoms with E-state index in [0.29, 0.717) is 24.4 Å². The van der Waals surface area contributed by atoms with Gasteiger partial charge in [0, 0.05) is 29.3 Å². The third-order valence-corrected chi connectivity index (χ3v) is 5.40. The van der Waals surface area contributed by atoms with E-state index in [1.54, 1.807) is 48.2 Å². The molecule has 1 saturated heterocycles. The van der Waals surface area contributed by atoms with E-state index in [1.165, 1.54) is 12.1 Å². The molecule has 3 rings (SSSR count). The van der Waals surface area contributed by atoms with Crippen molar-refractivity contribution in [2.45, 2.75) is 30.3 Å². The molecule has 0 radical (unpaired) electrons. The van der Waals surface area contributed by atoms with Gasteiger partial charge in [0.2, 0.25) is 0 Å². The van der Waals surface area contributed by atoms with Crippen LogP contribution in [0.1, 0.15) is 29.6 Å². The van der Waals surface area contributed by atoms with Crippen molar-refractivity contribution in [2.75, 3.05) is 24.2 Å². The van der Waals surface area contributed by atoms with Crippen LogP contribution in [-0.4, -0.2) is 36.8 Å². The molecule has 0 bridgehead atoms. The van der Waals surface area contributed by atoms with Crippen molar-refractivity contribution in [1.29, 1.82) is 0 Å². The summed E-state index contributed by atoms with van der Waals surface area (Å²) in [4.78, 5) is 25.4. The highest BCUT2D eigenvalue weighted by Gasteiger charge is 2.23. The zero-order valence-corrected chi connectivity index (χ0v) is 16.3. The number of ether oxygens (including phenoxy) is 1. The van der Waals surface area contributed by atoms with E-state index in [2.05, 4.69) is 10.6 Å². The van der Waals surface area contributed by atoms with Crippen LogP contribution in [0, 0.1) is 5.82 Å². The number of nitrogens with one attached hydrogen (secondary N) is 2. The highest BCUT2D eigenvalue weighted by Crippen LogP contribution is 2.19. The summed E-state index contributed by atoms with van der Waals surface area (Å²) >= 11 is 1.62. The monoisotopic (exact) mass is 402 g/mol. The molecule has 2 aromatic carbocycles. The molecule has 148 valence electrons. The largest absolute Gasteiger partial charge is 0.368 e. The first kappa shape index (κ1) is 20.4. The fourth-order valence-electron chi connectivity index (χ4n) is 2.84. The maximum Gasteiger partial charge on any atom is 0.253 e. The van der Waals surface area contributed by atoms with Crippen LogP contribution < -0.4 is 10.6 Å². The predicted octanol–water partition coefficient (Wildman–Crippen LogP) is 3.86. The van der Waals surface area contributed by atoms with E-state index in [-0.39, 0.29) is 17.6 Å². The minimum atomic E-state index is -0.406. The number of carbonyl (C=O) groups excluding carboxylic acids is 2. The van der Waals surface area contributed by atoms with Gasteiger partial charge in [-0.25, -0.2) is 4.39 Å². The number of hydrogen-bond donors (Lipinski definition) is 2. The Morgan fingerprint density at radius 3 is 2.75 bits per heavy atom. The number of benzene rings is 2. The summed E-state index contributed by atoms with van der Waals surface area (Å²) in [6, 6.07) is 13.2. The minimum absolute atomic E-state index is 0.173. The van der Waals surface area contributed by atoms with Crippen molar-refractivity contribution >= 4 is 29.3 Å². The second kappa shape index (κ2) is 10.2. The van der Waals surface area contributed by atoms with Gasteiger partial charge >= 0.3 is 0 Å². The summed E-state index contributed by atoms with van der Waals surface area (Å²) < 4.78 is 18.2. The summed E-state index contributed by atoms with van der Waals surface area (Å²) in [5.74, 6) is 0.224. The van der Waals surface area contributed by atoms with Crippen LogP contribution in [0.15, 0.2) is 53.4 Å². The lowest BCUT2D eigenvalue weighted by atomic mass is 10.1. The molecule has 0 aromatic heterocycles. The van der Waals surface area contributed by atoms with Gasteiger partial charge in [-0.3, -0.25) is 9.59 Å². The zero-order valence-electron chi connectivity index (χ0n) is 15.4. The van der Waals surface area contributed by atoms with Gasteiger partial charge in [-0.1, -0.05) is 6.07 Å². The van der Waals surface area contributed by atoms with Crippen molar-refractivity contribution in [2.24, 2.45) is 0 Å². The molecule has 5 nitrogen and oxygen atoms in total. The van der Waals surface area contributed by atoms with Crippen LogP contribution in [0.2, 0.25) is 0 Å². The molecule has 2 amide bonds. The van der Waals surface area contributed by atoms with E-state index in [4.69, 9.17) is 4.74 Å². The molecule has 2 N–H and O–H groups in total. The maximum atomic E-state index is 12.9. The SMILES string of the molecule is O=C(NCCCSc1ccc(F)cc1)c1cccc(NC(=O)C2CCCO2)c1. The summed E-state index contributed by atoms with van der Waals surface area (Å²) in [7, 11) is 0. The second-order valence-electron chi connectivity index (χ2n) is 6.48. The Bertz CT molecular complexity index is 808. The van der Waals surface area contributed by atoms with E-state index in [9.17, 15) is 14.0 Å². The molecule has 0 saturated carbocycles. The van der Waals surface area contributed by atoms with Crippen molar-refractivity contribution in [3.05, 3.63) is 59.9 Å². The molecule has 1 unspecified atom stereocenters. The third kappa shape index (κ3) is 6.07. The van der Waals surface area contributed by atoms with E-state index < -0.39 is 6.10 Å². The highest BCUT2D eigenvalue weighted by molar-refractivity contribution is 7.99. The molecular formula is C21H23FN2O3S. The van der Waals surface area contributed by atoms with Crippen LogP contribution in [0.3, 0.4) is 0 Å². The highest BCUT2D eigenvalue weighted by atomic mass is 32.2. The van der Waals surface area contributed by atoms with Gasteiger partial charge in [0.1, 0.15) is 11.9 Å². The second-order valence-corrected chi connectivity index (χ2v) is 7.65. The number of rotatable bonds is 8. The first-order valence-electron chi connectivity index (χ1n) is 9.31. The Balaban J connectivity index is 1.41. The van der Waals surface area contributed by atoms with Gasteiger partial charge in [0.05, 0.1) is 0 Å². The average Bonchev–Trinajstić information content (AvgIpc) is 3.24. The number of thioether (sulfide) groups is 1. The molecule has 7 heteroatoms. The number of amides is 2. The standard InChI is InChI=1S/C21H23FN2O3S/c22-16-7-9-18(10-8-16)28-13-3-11-23-20(25)15-4-1-5-17(14-15)24-21(26)19-6-2-12-27-19/h1,4-5,7-10,14,19H,2-3,6,11-13H2,(H,23,25)(H,24,26). The van der Waals surface area contributed by atoms with E-state index in [0.717, 1.165) is 29.9 Å². The molecule has 0 aliphatic carbocycles. The summed E-state index contributed by atoms with van der Waals surface area (Å²) in [6.45, 7) is 1.15. The Hall–Kier alpha value is -2.38. The molecule has 0 spiro atoms. The van der Waals surface area contributed by atoms with E-state index >= 15 is 0 Å². The first-order valence-corrected chi connectivity index (χ1v) is 10.3. The van der Waals surface area contributed by atoms with Gasteiger partial charge in [0.15, 0.2) is 0 Å². The third-order valence-electron chi connectivity index (χ3n) is 4.30. The molecule has 1 aliphatic heterocycles. The zero-order chi connectivity index (χ0) is 19.8. The quantitative estimate of drug-likeness (QED) is 0.520. The fourth-order valence-corrected chi connectivity index (χ4v) is 3.70. The summed E-state index contributed by atoms with van der Waals surface area (Å²) in [6.07, 6.45) is 2.00. The minimum Gasteiger partial charge on any atom is -0.368 e. The van der Waals surface area contributed by atoms with Crippen LogP contribution in [0.4, 0.5) is 10.1 Å². The topological polar surface area (TPSA) is 67.4 Å². The Kier molecular flexibility index (Phi) is 7.45. The Morgan fingerprint density at radius 2 is 2.00 bits per heavy atom. The smallest absolute Gasteiger partial charge is 0.253 e. The van der Waals surface area contributed by atoms with Gasteiger partial charge < -0.3 is 15.4 Å².